The second-order valence-electron chi connectivity index (χ2n) is 3.39. The predicted molar refractivity (Wildman–Crippen MR) is 49.4 cm³/mol. The average Bonchev–Trinajstić information content (AvgIpc) is 2.61. The third-order valence-corrected chi connectivity index (χ3v) is 2.49. The third kappa shape index (κ3) is 1.89. The van der Waals surface area contributed by atoms with Crippen molar-refractivity contribution >= 4 is 0 Å². The first kappa shape index (κ1) is 8.72. The minimum atomic E-state index is 0.813. The monoisotopic (exact) mass is 181 g/mol. The molecule has 4 nitrogen and oxygen atoms in total. The van der Waals surface area contributed by atoms with Gasteiger partial charge in [0.25, 0.3) is 0 Å². The van der Waals surface area contributed by atoms with Gasteiger partial charge in [-0.05, 0) is 0 Å². The van der Waals surface area contributed by atoms with E-state index in [4.69, 9.17) is 4.74 Å². The number of aromatic nitrogens is 2. The van der Waals surface area contributed by atoms with Crippen LogP contribution in [0, 0.1) is 0 Å². The van der Waals surface area contributed by atoms with Gasteiger partial charge in [-0.1, -0.05) is 0 Å². The van der Waals surface area contributed by atoms with Crippen molar-refractivity contribution in [3.8, 4) is 0 Å². The minimum Gasteiger partial charge on any atom is -0.383 e. The van der Waals surface area contributed by atoms with Crippen molar-refractivity contribution in [3.05, 3.63) is 17.5 Å². The van der Waals surface area contributed by atoms with E-state index in [2.05, 4.69) is 15.1 Å². The lowest BCUT2D eigenvalue weighted by Crippen LogP contribution is -2.32. The summed E-state index contributed by atoms with van der Waals surface area (Å²) in [7, 11) is 1.74. The van der Waals surface area contributed by atoms with Gasteiger partial charge in [-0.15, -0.1) is 0 Å². The van der Waals surface area contributed by atoms with E-state index in [9.17, 15) is 0 Å². The molecule has 0 saturated carbocycles. The summed E-state index contributed by atoms with van der Waals surface area (Å²) in [5.74, 6) is 0. The van der Waals surface area contributed by atoms with Crippen molar-refractivity contribution in [2.45, 2.75) is 13.0 Å². The SMILES string of the molecule is COCCN1CCc2[nH]ncc2C1. The molecule has 1 aliphatic heterocycles. The fourth-order valence-corrected chi connectivity index (χ4v) is 1.69. The van der Waals surface area contributed by atoms with Gasteiger partial charge in [-0.3, -0.25) is 10.00 Å². The molecule has 1 aliphatic rings. The van der Waals surface area contributed by atoms with Crippen LogP contribution in [0.1, 0.15) is 11.3 Å². The molecule has 0 saturated heterocycles. The maximum atomic E-state index is 5.05. The summed E-state index contributed by atoms with van der Waals surface area (Å²) in [6.07, 6.45) is 3.01. The maximum absolute atomic E-state index is 5.05. The number of nitrogens with zero attached hydrogens (tertiary/aromatic N) is 2. The Balaban J connectivity index is 1.93. The van der Waals surface area contributed by atoms with Crippen molar-refractivity contribution in [1.82, 2.24) is 15.1 Å². The Hall–Kier alpha value is -0.870. The number of fused-ring (bicyclic) bond motifs is 1. The summed E-state index contributed by atoms with van der Waals surface area (Å²) in [4.78, 5) is 2.39. The van der Waals surface area contributed by atoms with E-state index in [0.717, 1.165) is 32.7 Å². The molecule has 0 bridgehead atoms. The summed E-state index contributed by atoms with van der Waals surface area (Å²) >= 11 is 0. The molecule has 0 radical (unpaired) electrons. The lowest BCUT2D eigenvalue weighted by atomic mass is 10.1. The van der Waals surface area contributed by atoms with Gasteiger partial charge >= 0.3 is 0 Å². The van der Waals surface area contributed by atoms with Crippen LogP contribution in [0.2, 0.25) is 0 Å². The van der Waals surface area contributed by atoms with Crippen molar-refractivity contribution in [1.29, 1.82) is 0 Å². The van der Waals surface area contributed by atoms with Crippen molar-refractivity contribution < 1.29 is 4.74 Å². The lowest BCUT2D eigenvalue weighted by molar-refractivity contribution is 0.140. The van der Waals surface area contributed by atoms with Gasteiger partial charge in [0.05, 0.1) is 12.8 Å². The Kier molecular flexibility index (Phi) is 2.61. The number of H-pyrrole nitrogens is 1. The van der Waals surface area contributed by atoms with E-state index in [1.54, 1.807) is 7.11 Å². The van der Waals surface area contributed by atoms with E-state index >= 15 is 0 Å². The summed E-state index contributed by atoms with van der Waals surface area (Å²) in [5, 5.41) is 7.06. The second kappa shape index (κ2) is 3.89. The molecule has 0 fully saturated rings. The summed E-state index contributed by atoms with van der Waals surface area (Å²) < 4.78 is 5.05. The number of hydrogen-bond acceptors (Lipinski definition) is 3. The predicted octanol–water partition coefficient (Wildman–Crippen LogP) is 0.414. The van der Waals surface area contributed by atoms with E-state index < -0.39 is 0 Å². The Bertz CT molecular complexity index is 272. The number of hydrogen-bond donors (Lipinski definition) is 1. The number of ether oxygens (including phenoxy) is 1. The Morgan fingerprint density at radius 2 is 2.62 bits per heavy atom. The quantitative estimate of drug-likeness (QED) is 0.734. The molecule has 2 rings (SSSR count). The average molecular weight is 181 g/mol. The molecular formula is C9H15N3O. The first-order valence-electron chi connectivity index (χ1n) is 4.62. The van der Waals surface area contributed by atoms with Crippen LogP contribution in [0.5, 0.6) is 0 Å². The molecule has 72 valence electrons. The molecule has 0 aromatic carbocycles. The molecule has 1 N–H and O–H groups in total. The molecule has 4 heteroatoms. The summed E-state index contributed by atoms with van der Waals surface area (Å²) in [6, 6.07) is 0. The van der Waals surface area contributed by atoms with E-state index in [1.165, 1.54) is 11.3 Å². The molecule has 13 heavy (non-hydrogen) atoms. The molecule has 0 amide bonds. The fourth-order valence-electron chi connectivity index (χ4n) is 1.69. The highest BCUT2D eigenvalue weighted by atomic mass is 16.5. The zero-order chi connectivity index (χ0) is 9.10. The Labute approximate surface area is 77.9 Å². The first-order valence-corrected chi connectivity index (χ1v) is 4.62. The smallest absolute Gasteiger partial charge is 0.0589 e. The molecule has 1 aromatic heterocycles. The van der Waals surface area contributed by atoms with Gasteiger partial charge in [0.15, 0.2) is 0 Å². The number of rotatable bonds is 3. The molecule has 1 aromatic rings. The maximum Gasteiger partial charge on any atom is 0.0589 e. The zero-order valence-electron chi connectivity index (χ0n) is 7.92. The highest BCUT2D eigenvalue weighted by Crippen LogP contribution is 2.15. The van der Waals surface area contributed by atoms with Gasteiger partial charge in [-0.2, -0.15) is 5.10 Å². The minimum absolute atomic E-state index is 0.813. The van der Waals surface area contributed by atoms with Crippen molar-refractivity contribution in [2.75, 3.05) is 26.8 Å². The lowest BCUT2D eigenvalue weighted by Gasteiger charge is -2.25. The molecule has 0 unspecified atom stereocenters. The van der Waals surface area contributed by atoms with Crippen LogP contribution in [0.3, 0.4) is 0 Å². The molecular weight excluding hydrogens is 166 g/mol. The fraction of sp³-hybridized carbons (Fsp3) is 0.667. The van der Waals surface area contributed by atoms with Gasteiger partial charge in [0.1, 0.15) is 0 Å². The highest BCUT2D eigenvalue weighted by molar-refractivity contribution is 5.18. The van der Waals surface area contributed by atoms with Crippen LogP contribution in [-0.4, -0.2) is 41.9 Å². The second-order valence-corrected chi connectivity index (χ2v) is 3.39. The van der Waals surface area contributed by atoms with E-state index in [1.807, 2.05) is 6.20 Å². The number of methoxy groups -OCH3 is 1. The highest BCUT2D eigenvalue weighted by Gasteiger charge is 2.16. The van der Waals surface area contributed by atoms with Crippen molar-refractivity contribution in [3.63, 3.8) is 0 Å². The molecule has 0 atom stereocenters. The topological polar surface area (TPSA) is 41.1 Å². The van der Waals surface area contributed by atoms with Crippen LogP contribution in [-0.2, 0) is 17.7 Å². The van der Waals surface area contributed by atoms with Crippen LogP contribution < -0.4 is 0 Å². The molecule has 2 heterocycles. The zero-order valence-corrected chi connectivity index (χ0v) is 7.92. The van der Waals surface area contributed by atoms with Gasteiger partial charge in [0, 0.05) is 44.4 Å². The molecule has 0 aliphatic carbocycles. The Morgan fingerprint density at radius 1 is 1.69 bits per heavy atom. The van der Waals surface area contributed by atoms with Crippen molar-refractivity contribution in [2.24, 2.45) is 0 Å². The van der Waals surface area contributed by atoms with Crippen LogP contribution in [0.25, 0.3) is 0 Å². The van der Waals surface area contributed by atoms with Gasteiger partial charge < -0.3 is 4.74 Å². The molecule has 0 spiro atoms. The van der Waals surface area contributed by atoms with Crippen LogP contribution in [0.15, 0.2) is 6.20 Å². The Morgan fingerprint density at radius 3 is 3.46 bits per heavy atom. The number of nitrogens with one attached hydrogen (secondary N) is 1. The third-order valence-electron chi connectivity index (χ3n) is 2.49. The summed E-state index contributed by atoms with van der Waals surface area (Å²) in [6.45, 7) is 3.95. The largest absolute Gasteiger partial charge is 0.383 e. The van der Waals surface area contributed by atoms with E-state index in [-0.39, 0.29) is 0 Å². The summed E-state index contributed by atoms with van der Waals surface area (Å²) in [5.41, 5.74) is 2.64. The van der Waals surface area contributed by atoms with Crippen LogP contribution in [0.4, 0.5) is 0 Å². The number of aromatic amines is 1. The first-order chi connectivity index (χ1) is 6.40. The van der Waals surface area contributed by atoms with Gasteiger partial charge in [-0.25, -0.2) is 0 Å². The van der Waals surface area contributed by atoms with E-state index in [0.29, 0.717) is 0 Å². The van der Waals surface area contributed by atoms with Gasteiger partial charge in [0.2, 0.25) is 0 Å². The van der Waals surface area contributed by atoms with Crippen LogP contribution >= 0.6 is 0 Å². The normalized spacial score (nSPS) is 17.3. The standard InChI is InChI=1S/C9H15N3O/c1-13-5-4-12-3-2-9-8(7-12)6-10-11-9/h6H,2-5,7H2,1H3,(H,10,11).